The van der Waals surface area contributed by atoms with Crippen LogP contribution >= 0.6 is 0 Å². The highest BCUT2D eigenvalue weighted by molar-refractivity contribution is 5.99. The summed E-state index contributed by atoms with van der Waals surface area (Å²) in [7, 11) is 4.29. The third-order valence-electron chi connectivity index (χ3n) is 5.88. The molecule has 28 heavy (non-hydrogen) atoms. The fraction of sp³-hybridized carbons (Fsp3) is 0.348. The highest BCUT2D eigenvalue weighted by Gasteiger charge is 2.23. The average Bonchev–Trinajstić information content (AvgIpc) is 2.67. The Kier molecular flexibility index (Phi) is 4.94. The van der Waals surface area contributed by atoms with Crippen LogP contribution in [0, 0.1) is 12.7 Å². The summed E-state index contributed by atoms with van der Waals surface area (Å²) in [4.78, 5) is 8.97. The highest BCUT2D eigenvalue weighted by Crippen LogP contribution is 2.37. The standard InChI is InChI=1S/C23H27FN4/c1-15-5-4-6-20(24)23(15)16-11-17-14-26-22(25)13-19(17)21(12-16)28-9-7-18(8-10-28)27(2)3/h4-6,11-14,18H,7-10H2,1-3H3,(H2,25,26). The third-order valence-corrected chi connectivity index (χ3v) is 5.88. The second-order valence-corrected chi connectivity index (χ2v) is 7.94. The molecule has 0 unspecified atom stereocenters. The maximum absolute atomic E-state index is 14.7. The van der Waals surface area contributed by atoms with Crippen molar-refractivity contribution in [2.24, 2.45) is 0 Å². The number of rotatable bonds is 3. The summed E-state index contributed by atoms with van der Waals surface area (Å²) in [6, 6.07) is 11.9. The van der Waals surface area contributed by atoms with E-state index >= 15 is 0 Å². The van der Waals surface area contributed by atoms with E-state index in [0.29, 0.717) is 17.4 Å². The van der Waals surface area contributed by atoms with Crippen molar-refractivity contribution in [2.45, 2.75) is 25.8 Å². The molecule has 0 amide bonds. The van der Waals surface area contributed by atoms with E-state index < -0.39 is 0 Å². The van der Waals surface area contributed by atoms with Crippen molar-refractivity contribution in [2.75, 3.05) is 37.8 Å². The Morgan fingerprint density at radius 3 is 2.57 bits per heavy atom. The number of nitrogen functional groups attached to an aromatic ring is 1. The molecule has 2 N–H and O–H groups in total. The number of hydrogen-bond donors (Lipinski definition) is 1. The number of nitrogens with zero attached hydrogens (tertiary/aromatic N) is 3. The number of benzene rings is 2. The number of fused-ring (bicyclic) bond motifs is 1. The first-order valence-electron chi connectivity index (χ1n) is 9.80. The molecule has 2 aromatic carbocycles. The van der Waals surface area contributed by atoms with E-state index in [4.69, 9.17) is 5.73 Å². The average molecular weight is 378 g/mol. The van der Waals surface area contributed by atoms with Crippen LogP contribution in [0.1, 0.15) is 18.4 Å². The molecule has 0 radical (unpaired) electrons. The Bertz CT molecular complexity index is 987. The summed E-state index contributed by atoms with van der Waals surface area (Å²) in [5, 5.41) is 2.06. The molecule has 146 valence electrons. The molecule has 1 saturated heterocycles. The summed E-state index contributed by atoms with van der Waals surface area (Å²) < 4.78 is 14.7. The summed E-state index contributed by atoms with van der Waals surface area (Å²) in [5.41, 5.74) is 9.57. The fourth-order valence-electron chi connectivity index (χ4n) is 4.28. The first kappa shape index (κ1) is 18.7. The highest BCUT2D eigenvalue weighted by atomic mass is 19.1. The van der Waals surface area contributed by atoms with Crippen LogP contribution in [0.3, 0.4) is 0 Å². The quantitative estimate of drug-likeness (QED) is 0.731. The summed E-state index contributed by atoms with van der Waals surface area (Å²) in [5.74, 6) is 0.312. The van der Waals surface area contributed by atoms with Gasteiger partial charge in [0, 0.05) is 47.4 Å². The molecule has 0 atom stereocenters. The van der Waals surface area contributed by atoms with Crippen LogP contribution in [0.5, 0.6) is 0 Å². The van der Waals surface area contributed by atoms with Gasteiger partial charge in [0.1, 0.15) is 11.6 Å². The van der Waals surface area contributed by atoms with Crippen LogP contribution < -0.4 is 10.6 Å². The lowest BCUT2D eigenvalue weighted by atomic mass is 9.95. The minimum atomic E-state index is -0.194. The lowest BCUT2D eigenvalue weighted by molar-refractivity contribution is 0.250. The molecule has 0 bridgehead atoms. The van der Waals surface area contributed by atoms with E-state index in [1.165, 1.54) is 6.07 Å². The molecular formula is C23H27FN4. The van der Waals surface area contributed by atoms with Gasteiger partial charge in [0.2, 0.25) is 0 Å². The number of anilines is 2. The molecule has 1 aliphatic rings. The van der Waals surface area contributed by atoms with Crippen LogP contribution in [0.4, 0.5) is 15.9 Å². The van der Waals surface area contributed by atoms with Gasteiger partial charge in [-0.3, -0.25) is 0 Å². The van der Waals surface area contributed by atoms with E-state index in [-0.39, 0.29) is 5.82 Å². The second kappa shape index (κ2) is 7.40. The van der Waals surface area contributed by atoms with Crippen LogP contribution in [0.2, 0.25) is 0 Å². The molecule has 4 rings (SSSR count). The van der Waals surface area contributed by atoms with E-state index in [1.807, 2.05) is 25.1 Å². The van der Waals surface area contributed by atoms with E-state index in [9.17, 15) is 4.39 Å². The smallest absolute Gasteiger partial charge is 0.131 e. The van der Waals surface area contributed by atoms with E-state index in [2.05, 4.69) is 34.9 Å². The number of pyridine rings is 1. The summed E-state index contributed by atoms with van der Waals surface area (Å²) >= 11 is 0. The fourth-order valence-corrected chi connectivity index (χ4v) is 4.28. The first-order chi connectivity index (χ1) is 13.4. The Morgan fingerprint density at radius 2 is 1.89 bits per heavy atom. The second-order valence-electron chi connectivity index (χ2n) is 7.94. The molecule has 3 aromatic rings. The lowest BCUT2D eigenvalue weighted by Gasteiger charge is -2.37. The predicted octanol–water partition coefficient (Wildman–Crippen LogP) is 4.46. The topological polar surface area (TPSA) is 45.4 Å². The van der Waals surface area contributed by atoms with Gasteiger partial charge in [-0.15, -0.1) is 0 Å². The molecule has 0 spiro atoms. The van der Waals surface area contributed by atoms with Gasteiger partial charge in [0.05, 0.1) is 0 Å². The molecular weight excluding hydrogens is 351 g/mol. The minimum Gasteiger partial charge on any atom is -0.384 e. The van der Waals surface area contributed by atoms with Crippen molar-refractivity contribution in [3.63, 3.8) is 0 Å². The van der Waals surface area contributed by atoms with Gasteiger partial charge in [-0.1, -0.05) is 12.1 Å². The normalized spacial score (nSPS) is 15.5. The van der Waals surface area contributed by atoms with E-state index in [1.54, 1.807) is 12.3 Å². The van der Waals surface area contributed by atoms with Crippen LogP contribution in [-0.2, 0) is 0 Å². The Hall–Kier alpha value is -2.66. The van der Waals surface area contributed by atoms with Gasteiger partial charge in [-0.25, -0.2) is 9.37 Å². The number of aromatic nitrogens is 1. The van der Waals surface area contributed by atoms with Crippen LogP contribution in [0.15, 0.2) is 42.6 Å². The largest absolute Gasteiger partial charge is 0.384 e. The van der Waals surface area contributed by atoms with Gasteiger partial charge in [0.15, 0.2) is 0 Å². The zero-order chi connectivity index (χ0) is 19.8. The minimum absolute atomic E-state index is 0.194. The van der Waals surface area contributed by atoms with Crippen molar-refractivity contribution in [1.29, 1.82) is 0 Å². The molecule has 0 saturated carbocycles. The number of nitrogens with two attached hydrogens (primary N) is 1. The molecule has 1 aliphatic heterocycles. The maximum atomic E-state index is 14.7. The molecule has 4 nitrogen and oxygen atoms in total. The number of halogens is 1. The Labute approximate surface area is 165 Å². The number of piperidine rings is 1. The Morgan fingerprint density at radius 1 is 1.14 bits per heavy atom. The van der Waals surface area contributed by atoms with Gasteiger partial charge in [-0.05, 0) is 69.3 Å². The van der Waals surface area contributed by atoms with Crippen molar-refractivity contribution in [3.8, 4) is 11.1 Å². The monoisotopic (exact) mass is 378 g/mol. The van der Waals surface area contributed by atoms with Crippen LogP contribution in [-0.4, -0.2) is 43.1 Å². The van der Waals surface area contributed by atoms with Crippen molar-refractivity contribution in [1.82, 2.24) is 9.88 Å². The molecule has 2 heterocycles. The zero-order valence-electron chi connectivity index (χ0n) is 16.7. The molecule has 0 aliphatic carbocycles. The van der Waals surface area contributed by atoms with E-state index in [0.717, 1.165) is 53.5 Å². The first-order valence-corrected chi connectivity index (χ1v) is 9.80. The summed E-state index contributed by atoms with van der Waals surface area (Å²) in [6.07, 6.45) is 4.01. The van der Waals surface area contributed by atoms with Crippen molar-refractivity contribution >= 4 is 22.3 Å². The SMILES string of the molecule is Cc1cccc(F)c1-c1cc(N2CCC(N(C)C)CC2)c2cc(N)ncc2c1. The zero-order valence-corrected chi connectivity index (χ0v) is 16.7. The number of hydrogen-bond acceptors (Lipinski definition) is 4. The number of aryl methyl sites for hydroxylation is 1. The molecule has 1 fully saturated rings. The van der Waals surface area contributed by atoms with Crippen molar-refractivity contribution in [3.05, 3.63) is 54.0 Å². The van der Waals surface area contributed by atoms with Crippen LogP contribution in [0.25, 0.3) is 21.9 Å². The maximum Gasteiger partial charge on any atom is 0.131 e. The van der Waals surface area contributed by atoms with Gasteiger partial charge in [-0.2, -0.15) is 0 Å². The van der Waals surface area contributed by atoms with Gasteiger partial charge >= 0.3 is 0 Å². The third kappa shape index (κ3) is 3.42. The lowest BCUT2D eigenvalue weighted by Crippen LogP contribution is -2.42. The van der Waals surface area contributed by atoms with Gasteiger partial charge < -0.3 is 15.5 Å². The van der Waals surface area contributed by atoms with Crippen molar-refractivity contribution < 1.29 is 4.39 Å². The molecule has 5 heteroatoms. The molecule has 1 aromatic heterocycles. The Balaban J connectivity index is 1.84. The summed E-state index contributed by atoms with van der Waals surface area (Å²) in [6.45, 7) is 3.89. The predicted molar refractivity (Wildman–Crippen MR) is 115 cm³/mol. The van der Waals surface area contributed by atoms with Gasteiger partial charge in [0.25, 0.3) is 0 Å².